The number of alkyl halides is 7. The van der Waals surface area contributed by atoms with E-state index in [1.54, 1.807) is 23.1 Å². The molecule has 0 radical (unpaired) electrons. The largest absolute Gasteiger partial charge is 0.394 e. The third-order valence-electron chi connectivity index (χ3n) is 10.2. The Labute approximate surface area is 315 Å². The summed E-state index contributed by atoms with van der Waals surface area (Å²) in [5.41, 5.74) is 2.84. The van der Waals surface area contributed by atoms with Crippen LogP contribution in [0.15, 0.2) is 60.0 Å². The third kappa shape index (κ3) is 7.69. The molecular weight excluding hydrogens is 759 g/mol. The average Bonchev–Trinajstić information content (AvgIpc) is 3.52. The number of ketones is 1. The number of carbonyl (C=O) groups is 2. The van der Waals surface area contributed by atoms with E-state index < -0.39 is 77.8 Å². The molecule has 2 aromatic carbocycles. The lowest BCUT2D eigenvalue weighted by Crippen LogP contribution is -2.48. The molecular formula is C36H37ClF7N9O2. The Kier molecular flexibility index (Phi) is 10.4. The van der Waals surface area contributed by atoms with Crippen molar-refractivity contribution in [1.82, 2.24) is 34.7 Å². The number of halogens is 8. The summed E-state index contributed by atoms with van der Waals surface area (Å²) in [4.78, 5) is 38.5. The number of amides is 1. The Morgan fingerprint density at radius 3 is 2.31 bits per heavy atom. The van der Waals surface area contributed by atoms with E-state index in [0.717, 1.165) is 49.5 Å². The second-order valence-corrected chi connectivity index (χ2v) is 15.1. The highest BCUT2D eigenvalue weighted by Gasteiger charge is 2.59. The lowest BCUT2D eigenvalue weighted by atomic mass is 9.74. The maximum atomic E-state index is 14.9. The smallest absolute Gasteiger partial charge is 0.369 e. The van der Waals surface area contributed by atoms with Gasteiger partial charge in [-0.2, -0.15) is 33.3 Å². The average molecular weight is 796 g/mol. The van der Waals surface area contributed by atoms with Crippen LogP contribution in [0.2, 0.25) is 5.02 Å². The molecule has 55 heavy (non-hydrogen) atoms. The van der Waals surface area contributed by atoms with Gasteiger partial charge < -0.3 is 5.73 Å². The Bertz CT molecular complexity index is 2110. The molecule has 2 aliphatic rings. The minimum absolute atomic E-state index is 0.0636. The van der Waals surface area contributed by atoms with Crippen LogP contribution in [0.1, 0.15) is 95.3 Å². The van der Waals surface area contributed by atoms with Crippen LogP contribution in [0.3, 0.4) is 0 Å². The van der Waals surface area contributed by atoms with Crippen LogP contribution in [0.5, 0.6) is 0 Å². The van der Waals surface area contributed by atoms with E-state index in [1.165, 1.54) is 30.3 Å². The molecule has 3 atom stereocenters. The van der Waals surface area contributed by atoms with Gasteiger partial charge in [-0.3, -0.25) is 14.5 Å². The predicted octanol–water partition coefficient (Wildman–Crippen LogP) is 8.16. The number of guanidine groups is 1. The first-order chi connectivity index (χ1) is 25.6. The van der Waals surface area contributed by atoms with Gasteiger partial charge >= 0.3 is 6.18 Å². The Balaban J connectivity index is 1.45. The molecule has 1 aliphatic carbocycles. The minimum atomic E-state index is -4.81. The SMILES string of the molecule is C[C@@H](C(=O)CC[C@H](c1ccc(Cl)c(-n2ncnc2C(F)F)c1)N1C(=O)[C@@](CC(C)(C)C(F)(F)F)(c2ccc(-c3cnn(C4CC4)n3)cc2)N=C1N)C(C)(F)F. The number of nitrogens with two attached hydrogens (primary N) is 1. The number of aliphatic imine (C=N–C) groups is 1. The van der Waals surface area contributed by atoms with E-state index in [9.17, 15) is 40.3 Å². The molecule has 0 spiro atoms. The Morgan fingerprint density at radius 2 is 1.71 bits per heavy atom. The van der Waals surface area contributed by atoms with Gasteiger partial charge in [0.25, 0.3) is 18.3 Å². The molecule has 1 fully saturated rings. The van der Waals surface area contributed by atoms with Crippen molar-refractivity contribution in [3.05, 3.63) is 77.0 Å². The second-order valence-electron chi connectivity index (χ2n) is 14.7. The number of carbonyl (C=O) groups excluding carboxylic acids is 2. The van der Waals surface area contributed by atoms with E-state index in [1.807, 2.05) is 0 Å². The normalized spacial score (nSPS) is 19.3. The molecule has 1 saturated carbocycles. The lowest BCUT2D eigenvalue weighted by molar-refractivity contribution is -0.218. The summed E-state index contributed by atoms with van der Waals surface area (Å²) in [7, 11) is 0. The highest BCUT2D eigenvalue weighted by molar-refractivity contribution is 6.32. The highest BCUT2D eigenvalue weighted by atomic mass is 35.5. The fraction of sp³-hybridized carbons (Fsp3) is 0.472. The Morgan fingerprint density at radius 1 is 1.04 bits per heavy atom. The van der Waals surface area contributed by atoms with Crippen molar-refractivity contribution in [2.75, 3.05) is 0 Å². The molecule has 1 aliphatic heterocycles. The van der Waals surface area contributed by atoms with Gasteiger partial charge in [0.1, 0.15) is 17.8 Å². The van der Waals surface area contributed by atoms with Gasteiger partial charge in [0.2, 0.25) is 0 Å². The summed E-state index contributed by atoms with van der Waals surface area (Å²) >= 11 is 6.41. The third-order valence-corrected chi connectivity index (χ3v) is 10.5. The minimum Gasteiger partial charge on any atom is -0.369 e. The van der Waals surface area contributed by atoms with Crippen molar-refractivity contribution in [2.45, 2.75) is 95.9 Å². The van der Waals surface area contributed by atoms with Crippen molar-refractivity contribution < 1.29 is 40.3 Å². The molecule has 4 aromatic rings. The monoisotopic (exact) mass is 795 g/mol. The first-order valence-corrected chi connectivity index (χ1v) is 17.7. The second kappa shape index (κ2) is 14.3. The molecule has 19 heteroatoms. The molecule has 11 nitrogen and oxygen atoms in total. The first-order valence-electron chi connectivity index (χ1n) is 17.3. The van der Waals surface area contributed by atoms with Crippen LogP contribution in [0.25, 0.3) is 16.9 Å². The molecule has 1 amide bonds. The van der Waals surface area contributed by atoms with Crippen LogP contribution >= 0.6 is 11.6 Å². The summed E-state index contributed by atoms with van der Waals surface area (Å²) in [6.07, 6.45) is -5.37. The van der Waals surface area contributed by atoms with Crippen LogP contribution in [-0.2, 0) is 15.1 Å². The molecule has 0 bridgehead atoms. The summed E-state index contributed by atoms with van der Waals surface area (Å²) in [6.45, 7) is 3.48. The predicted molar refractivity (Wildman–Crippen MR) is 186 cm³/mol. The van der Waals surface area contributed by atoms with Crippen LogP contribution in [-0.4, -0.2) is 64.4 Å². The molecule has 2 N–H and O–H groups in total. The zero-order valence-electron chi connectivity index (χ0n) is 30.0. The van der Waals surface area contributed by atoms with Crippen molar-refractivity contribution in [1.29, 1.82) is 0 Å². The van der Waals surface area contributed by atoms with E-state index in [0.29, 0.717) is 18.2 Å². The van der Waals surface area contributed by atoms with E-state index >= 15 is 0 Å². The summed E-state index contributed by atoms with van der Waals surface area (Å²) in [5.74, 6) is -8.27. The zero-order chi connectivity index (χ0) is 40.2. The molecule has 6 rings (SSSR count). The number of rotatable bonds is 14. The van der Waals surface area contributed by atoms with Gasteiger partial charge in [-0.1, -0.05) is 55.8 Å². The van der Waals surface area contributed by atoms with E-state index in [2.05, 4.69) is 25.3 Å². The number of nitrogens with zero attached hydrogens (tertiary/aromatic N) is 8. The van der Waals surface area contributed by atoms with Crippen molar-refractivity contribution in [3.8, 4) is 16.9 Å². The van der Waals surface area contributed by atoms with Gasteiger partial charge in [-0.05, 0) is 55.9 Å². The van der Waals surface area contributed by atoms with Crippen LogP contribution < -0.4 is 5.73 Å². The van der Waals surface area contributed by atoms with Crippen molar-refractivity contribution in [3.63, 3.8) is 0 Å². The number of Topliss-reactive ketones (excluding diaryl/α,β-unsaturated/α-hetero) is 1. The van der Waals surface area contributed by atoms with Crippen molar-refractivity contribution in [2.24, 2.45) is 22.1 Å². The molecule has 0 unspecified atom stereocenters. The van der Waals surface area contributed by atoms with Crippen molar-refractivity contribution >= 4 is 29.3 Å². The summed E-state index contributed by atoms with van der Waals surface area (Å²) in [5, 5.41) is 12.5. The molecule has 294 valence electrons. The van der Waals surface area contributed by atoms with E-state index in [-0.39, 0.29) is 34.3 Å². The van der Waals surface area contributed by atoms with Gasteiger partial charge in [0.15, 0.2) is 17.3 Å². The fourth-order valence-electron chi connectivity index (χ4n) is 6.56. The summed E-state index contributed by atoms with van der Waals surface area (Å²) in [6, 6.07) is 8.89. The van der Waals surface area contributed by atoms with Gasteiger partial charge in [-0.25, -0.2) is 32.2 Å². The van der Waals surface area contributed by atoms with E-state index in [4.69, 9.17) is 17.3 Å². The highest BCUT2D eigenvalue weighted by Crippen LogP contribution is 2.51. The van der Waals surface area contributed by atoms with Gasteiger partial charge in [0, 0.05) is 18.9 Å². The maximum Gasteiger partial charge on any atom is 0.394 e. The number of hydrogen-bond donors (Lipinski definition) is 1. The molecule has 0 saturated heterocycles. The number of aromatic nitrogens is 6. The van der Waals surface area contributed by atoms with Gasteiger partial charge in [-0.15, -0.1) is 0 Å². The first kappa shape index (κ1) is 39.8. The summed E-state index contributed by atoms with van der Waals surface area (Å²) < 4.78 is 101. The topological polar surface area (TPSA) is 137 Å². The Hall–Kier alpha value is -4.87. The zero-order valence-corrected chi connectivity index (χ0v) is 30.8. The van der Waals surface area contributed by atoms with Crippen LogP contribution in [0.4, 0.5) is 30.7 Å². The standard InChI is InChI=1S/C36H37ClF7N9O2/c1-19(34(4,40)41)28(54)14-13-26(21-7-12-24(37)27(15-21)52-30(29(38)39)46-18-48-52)51-31(55)35(49-32(51)45,17-33(2,3)36(42,43)44)22-8-5-20(6-9-22)25-16-47-53(50-25)23-10-11-23/h5-9,12,15-16,18-19,23,26,29H,10-11,13-14,17H2,1-4H3,(H2,45,49)/t19-,26+,35+/m0/s1. The molecule has 3 heterocycles. The molecule has 2 aromatic heterocycles. The fourth-order valence-corrected chi connectivity index (χ4v) is 6.76. The number of hydrogen-bond acceptors (Lipinski definition) is 8. The quantitative estimate of drug-likeness (QED) is 0.127. The van der Waals surface area contributed by atoms with Gasteiger partial charge in [0.05, 0.1) is 40.3 Å². The number of benzene rings is 2. The lowest BCUT2D eigenvalue weighted by Gasteiger charge is -2.37. The maximum absolute atomic E-state index is 14.9. The van der Waals surface area contributed by atoms with Crippen LogP contribution in [0, 0.1) is 11.3 Å².